The Balaban J connectivity index is 1.75. The smallest absolute Gasteiger partial charge is 0.238 e. The molecule has 0 saturated heterocycles. The van der Waals surface area contributed by atoms with Crippen molar-refractivity contribution in [2.75, 3.05) is 24.3 Å². The normalized spacial score (nSPS) is 11.6. The second kappa shape index (κ2) is 11.7. The van der Waals surface area contributed by atoms with Crippen LogP contribution in [0.1, 0.15) is 17.0 Å². The minimum atomic E-state index is -3.73. The summed E-state index contributed by atoms with van der Waals surface area (Å²) in [7, 11) is -2.15. The first-order valence-electron chi connectivity index (χ1n) is 10.6. The van der Waals surface area contributed by atoms with Gasteiger partial charge >= 0.3 is 0 Å². The summed E-state index contributed by atoms with van der Waals surface area (Å²) in [5.74, 6) is 1.37. The summed E-state index contributed by atoms with van der Waals surface area (Å²) in [5, 5.41) is 14.7. The second-order valence-corrected chi connectivity index (χ2v) is 9.52. The molecule has 0 amide bonds. The van der Waals surface area contributed by atoms with E-state index in [-0.39, 0.29) is 4.90 Å². The number of thiocarbonyl (C=S) groups is 1. The average Bonchev–Trinajstić information content (AvgIpc) is 2.78. The standard InChI is InChI=1S/C23H27N7O3S2/c1-15-14-16(2)27-22(26-15)29-21(30-23(34)28-19-6-4-5-7-20(19)33-3)25-13-12-17-8-10-18(11-9-17)35(24,31)32/h4-11,14H,12-13H2,1-3H3,(H2,24,31,32)(H3,25,26,27,28,29,30,34). The van der Waals surface area contributed by atoms with Crippen molar-refractivity contribution in [3.05, 3.63) is 71.5 Å². The quantitative estimate of drug-likeness (QED) is 0.213. The number of nitrogens with zero attached hydrogens (tertiary/aromatic N) is 3. The van der Waals surface area contributed by atoms with E-state index in [1.807, 2.05) is 44.2 Å². The Morgan fingerprint density at radius 1 is 1.06 bits per heavy atom. The number of ether oxygens (including phenoxy) is 1. The maximum absolute atomic E-state index is 11.4. The Morgan fingerprint density at radius 3 is 2.34 bits per heavy atom. The number of hydrogen-bond acceptors (Lipinski definition) is 7. The van der Waals surface area contributed by atoms with Crippen LogP contribution in [0.5, 0.6) is 5.75 Å². The number of nitrogens with two attached hydrogens (primary N) is 1. The minimum Gasteiger partial charge on any atom is -0.495 e. The molecule has 0 spiro atoms. The number of aliphatic imine (C=N–C) groups is 1. The number of anilines is 2. The zero-order chi connectivity index (χ0) is 25.4. The number of aryl methyl sites for hydroxylation is 2. The number of primary sulfonamides is 1. The first-order valence-corrected chi connectivity index (χ1v) is 12.6. The van der Waals surface area contributed by atoms with Crippen LogP contribution in [0.4, 0.5) is 11.6 Å². The Labute approximate surface area is 210 Å². The molecule has 0 aliphatic heterocycles. The summed E-state index contributed by atoms with van der Waals surface area (Å²) >= 11 is 5.47. The molecule has 1 heterocycles. The molecule has 0 atom stereocenters. The number of sulfonamides is 1. The van der Waals surface area contributed by atoms with Crippen LogP contribution in [0.2, 0.25) is 0 Å². The highest BCUT2D eigenvalue weighted by Crippen LogP contribution is 2.22. The summed E-state index contributed by atoms with van der Waals surface area (Å²) in [5.41, 5.74) is 3.22. The van der Waals surface area contributed by atoms with E-state index in [1.54, 1.807) is 19.2 Å². The number of benzene rings is 2. The molecule has 35 heavy (non-hydrogen) atoms. The lowest BCUT2D eigenvalue weighted by Crippen LogP contribution is -2.39. The highest BCUT2D eigenvalue weighted by atomic mass is 32.2. The van der Waals surface area contributed by atoms with Gasteiger partial charge in [-0.25, -0.2) is 23.5 Å². The van der Waals surface area contributed by atoms with E-state index in [9.17, 15) is 8.42 Å². The molecule has 2 aromatic carbocycles. The molecular formula is C23H27N7O3S2. The van der Waals surface area contributed by atoms with Gasteiger partial charge in [0.15, 0.2) is 5.11 Å². The van der Waals surface area contributed by atoms with E-state index >= 15 is 0 Å². The molecule has 3 aromatic rings. The maximum Gasteiger partial charge on any atom is 0.238 e. The molecule has 0 saturated carbocycles. The van der Waals surface area contributed by atoms with Crippen LogP contribution < -0.4 is 25.8 Å². The predicted molar refractivity (Wildman–Crippen MR) is 141 cm³/mol. The van der Waals surface area contributed by atoms with Crippen molar-refractivity contribution in [1.29, 1.82) is 0 Å². The molecule has 0 bridgehead atoms. The lowest BCUT2D eigenvalue weighted by atomic mass is 10.1. The number of aromatic nitrogens is 2. The fourth-order valence-electron chi connectivity index (χ4n) is 3.15. The van der Waals surface area contributed by atoms with E-state index in [0.29, 0.717) is 41.4 Å². The van der Waals surface area contributed by atoms with Crippen LogP contribution in [-0.4, -0.2) is 43.1 Å². The minimum absolute atomic E-state index is 0.0634. The van der Waals surface area contributed by atoms with Crippen LogP contribution in [0, 0.1) is 13.8 Å². The number of nitrogens with one attached hydrogen (secondary N) is 3. The average molecular weight is 514 g/mol. The van der Waals surface area contributed by atoms with Gasteiger partial charge in [0, 0.05) is 17.9 Å². The third-order valence-electron chi connectivity index (χ3n) is 4.72. The van der Waals surface area contributed by atoms with E-state index in [1.165, 1.54) is 12.1 Å². The molecule has 0 radical (unpaired) electrons. The molecule has 0 unspecified atom stereocenters. The predicted octanol–water partition coefficient (Wildman–Crippen LogP) is 2.75. The first kappa shape index (κ1) is 26.0. The number of guanidine groups is 1. The lowest BCUT2D eigenvalue weighted by Gasteiger charge is -2.15. The Hall–Kier alpha value is -3.61. The SMILES string of the molecule is COc1ccccc1NC(=S)NC(=NCCc1ccc(S(N)(=O)=O)cc1)Nc1nc(C)cc(C)n1. The van der Waals surface area contributed by atoms with Gasteiger partial charge in [-0.3, -0.25) is 10.3 Å². The van der Waals surface area contributed by atoms with Gasteiger partial charge in [-0.1, -0.05) is 24.3 Å². The van der Waals surface area contributed by atoms with E-state index in [4.69, 9.17) is 22.1 Å². The number of hydrogen-bond donors (Lipinski definition) is 4. The second-order valence-electron chi connectivity index (χ2n) is 7.55. The van der Waals surface area contributed by atoms with Crippen molar-refractivity contribution < 1.29 is 13.2 Å². The maximum atomic E-state index is 11.4. The lowest BCUT2D eigenvalue weighted by molar-refractivity contribution is 0.417. The largest absolute Gasteiger partial charge is 0.495 e. The summed E-state index contributed by atoms with van der Waals surface area (Å²) in [6, 6.07) is 15.6. The Morgan fingerprint density at radius 2 is 1.71 bits per heavy atom. The molecule has 10 nitrogen and oxygen atoms in total. The number of methoxy groups -OCH3 is 1. The Bertz CT molecular complexity index is 1310. The van der Waals surface area contributed by atoms with Gasteiger partial charge in [-0.05, 0) is 68.4 Å². The zero-order valence-electron chi connectivity index (χ0n) is 19.6. The fraction of sp³-hybridized carbons (Fsp3) is 0.217. The van der Waals surface area contributed by atoms with Crippen molar-refractivity contribution in [3.8, 4) is 5.75 Å². The van der Waals surface area contributed by atoms with Crippen molar-refractivity contribution in [2.24, 2.45) is 10.1 Å². The van der Waals surface area contributed by atoms with Gasteiger partial charge in [-0.2, -0.15) is 0 Å². The summed E-state index contributed by atoms with van der Waals surface area (Å²) in [4.78, 5) is 13.4. The molecule has 184 valence electrons. The fourth-order valence-corrected chi connectivity index (χ4v) is 3.87. The van der Waals surface area contributed by atoms with Crippen molar-refractivity contribution in [1.82, 2.24) is 15.3 Å². The topological polar surface area (TPSA) is 144 Å². The molecule has 0 fully saturated rings. The third-order valence-corrected chi connectivity index (χ3v) is 5.86. The van der Waals surface area contributed by atoms with Crippen LogP contribution in [0.3, 0.4) is 0 Å². The van der Waals surface area contributed by atoms with Crippen molar-refractivity contribution in [2.45, 2.75) is 25.2 Å². The van der Waals surface area contributed by atoms with Gasteiger partial charge in [0.2, 0.25) is 21.9 Å². The summed E-state index contributed by atoms with van der Waals surface area (Å²) < 4.78 is 28.2. The van der Waals surface area contributed by atoms with E-state index in [0.717, 1.165) is 17.0 Å². The van der Waals surface area contributed by atoms with Gasteiger partial charge in [0.1, 0.15) is 5.75 Å². The molecule has 5 N–H and O–H groups in total. The molecule has 0 aliphatic rings. The molecular weight excluding hydrogens is 486 g/mol. The van der Waals surface area contributed by atoms with Crippen LogP contribution in [0.25, 0.3) is 0 Å². The van der Waals surface area contributed by atoms with Gasteiger partial charge in [0.05, 0.1) is 17.7 Å². The summed E-state index contributed by atoms with van der Waals surface area (Å²) in [6.45, 7) is 4.14. The Kier molecular flexibility index (Phi) is 8.68. The van der Waals surface area contributed by atoms with Gasteiger partial charge < -0.3 is 15.4 Å². The molecule has 1 aromatic heterocycles. The van der Waals surface area contributed by atoms with Crippen LogP contribution in [0.15, 0.2) is 64.5 Å². The highest BCUT2D eigenvalue weighted by Gasteiger charge is 2.10. The zero-order valence-corrected chi connectivity index (χ0v) is 21.2. The van der Waals surface area contributed by atoms with Crippen LogP contribution >= 0.6 is 12.2 Å². The van der Waals surface area contributed by atoms with E-state index < -0.39 is 10.0 Å². The molecule has 12 heteroatoms. The molecule has 0 aliphatic carbocycles. The number of rotatable bonds is 7. The van der Waals surface area contributed by atoms with Crippen molar-refractivity contribution in [3.63, 3.8) is 0 Å². The van der Waals surface area contributed by atoms with Crippen LogP contribution in [-0.2, 0) is 16.4 Å². The van der Waals surface area contributed by atoms with Crippen molar-refractivity contribution >= 4 is 44.9 Å². The summed E-state index contributed by atoms with van der Waals surface area (Å²) in [6.07, 6.45) is 0.554. The highest BCUT2D eigenvalue weighted by molar-refractivity contribution is 7.89. The van der Waals surface area contributed by atoms with E-state index in [2.05, 4.69) is 30.9 Å². The monoisotopic (exact) mass is 513 g/mol. The van der Waals surface area contributed by atoms with Gasteiger partial charge in [0.25, 0.3) is 0 Å². The molecule has 3 rings (SSSR count). The third kappa shape index (κ3) is 7.98. The first-order chi connectivity index (χ1) is 16.6. The van der Waals surface area contributed by atoms with Gasteiger partial charge in [-0.15, -0.1) is 0 Å². The number of para-hydroxylation sites is 2.